The number of aliphatic hydroxyl groups excluding tert-OH is 1. The highest BCUT2D eigenvalue weighted by atomic mass is 32.1. The van der Waals surface area contributed by atoms with E-state index < -0.39 is 0 Å². The van der Waals surface area contributed by atoms with E-state index in [1.54, 1.807) is 11.3 Å². The van der Waals surface area contributed by atoms with E-state index in [1.165, 1.54) is 12.8 Å². The van der Waals surface area contributed by atoms with E-state index in [1.807, 2.05) is 11.6 Å². The van der Waals surface area contributed by atoms with Crippen LogP contribution in [0.3, 0.4) is 0 Å². The molecule has 0 radical (unpaired) electrons. The normalized spacial score (nSPS) is 30.5. The number of piperazine rings is 1. The first-order valence-corrected chi connectivity index (χ1v) is 8.99. The second kappa shape index (κ2) is 6.23. The van der Waals surface area contributed by atoms with Crippen molar-refractivity contribution in [1.82, 2.24) is 9.88 Å². The van der Waals surface area contributed by atoms with Gasteiger partial charge in [0.15, 0.2) is 5.13 Å². The van der Waals surface area contributed by atoms with Crippen molar-refractivity contribution in [3.63, 3.8) is 0 Å². The molecule has 1 aromatic heterocycles. The summed E-state index contributed by atoms with van der Waals surface area (Å²) in [5.74, 6) is 0.445. The molecule has 5 heteroatoms. The van der Waals surface area contributed by atoms with Gasteiger partial charge in [0.05, 0.1) is 6.10 Å². The molecule has 0 spiro atoms. The molecule has 1 aliphatic heterocycles. The molecule has 2 atom stereocenters. The van der Waals surface area contributed by atoms with Crippen LogP contribution in [-0.4, -0.2) is 53.8 Å². The zero-order valence-corrected chi connectivity index (χ0v) is 14.0. The summed E-state index contributed by atoms with van der Waals surface area (Å²) < 4.78 is 0. The summed E-state index contributed by atoms with van der Waals surface area (Å²) in [7, 11) is 0. The molecule has 0 amide bonds. The summed E-state index contributed by atoms with van der Waals surface area (Å²) in [5.41, 5.74) is 0.0889. The molecule has 0 aromatic carbocycles. The zero-order chi connectivity index (χ0) is 14.9. The van der Waals surface area contributed by atoms with Crippen molar-refractivity contribution in [3.05, 3.63) is 11.6 Å². The molecule has 1 aromatic rings. The van der Waals surface area contributed by atoms with E-state index in [0.717, 1.165) is 44.3 Å². The lowest BCUT2D eigenvalue weighted by Crippen LogP contribution is -2.51. The minimum Gasteiger partial charge on any atom is -0.392 e. The first-order valence-electron chi connectivity index (χ1n) is 8.11. The van der Waals surface area contributed by atoms with Gasteiger partial charge in [0.25, 0.3) is 0 Å². The predicted octanol–water partition coefficient (Wildman–Crippen LogP) is 2.45. The highest BCUT2D eigenvalue weighted by Gasteiger charge is 2.38. The summed E-state index contributed by atoms with van der Waals surface area (Å²) in [5, 5.41) is 13.8. The van der Waals surface area contributed by atoms with E-state index in [0.29, 0.717) is 5.92 Å². The molecular weight excluding hydrogens is 282 g/mol. The van der Waals surface area contributed by atoms with Crippen LogP contribution >= 0.6 is 11.3 Å². The Kier molecular flexibility index (Phi) is 4.52. The molecule has 2 aliphatic rings. The Balaban J connectivity index is 1.51. The Morgan fingerprint density at radius 2 is 2.10 bits per heavy atom. The zero-order valence-electron chi connectivity index (χ0n) is 13.2. The Labute approximate surface area is 131 Å². The Hall–Kier alpha value is -0.650. The molecule has 21 heavy (non-hydrogen) atoms. The van der Waals surface area contributed by atoms with Crippen molar-refractivity contribution in [3.8, 4) is 0 Å². The number of anilines is 1. The average Bonchev–Trinajstić information content (AvgIpc) is 2.99. The summed E-state index contributed by atoms with van der Waals surface area (Å²) >= 11 is 1.72. The van der Waals surface area contributed by atoms with E-state index in [2.05, 4.69) is 28.6 Å². The molecule has 4 nitrogen and oxygen atoms in total. The van der Waals surface area contributed by atoms with Crippen LogP contribution in [0.15, 0.2) is 11.6 Å². The van der Waals surface area contributed by atoms with Gasteiger partial charge in [-0.2, -0.15) is 0 Å². The fraction of sp³-hybridized carbons (Fsp3) is 0.812. The van der Waals surface area contributed by atoms with Crippen LogP contribution in [0.5, 0.6) is 0 Å². The van der Waals surface area contributed by atoms with Gasteiger partial charge in [-0.3, -0.25) is 4.90 Å². The van der Waals surface area contributed by atoms with E-state index in [4.69, 9.17) is 0 Å². The third-order valence-corrected chi connectivity index (χ3v) is 6.03. The topological polar surface area (TPSA) is 39.6 Å². The van der Waals surface area contributed by atoms with Crippen LogP contribution in [0.25, 0.3) is 0 Å². The van der Waals surface area contributed by atoms with Crippen molar-refractivity contribution < 1.29 is 5.11 Å². The summed E-state index contributed by atoms with van der Waals surface area (Å²) in [4.78, 5) is 9.30. The molecule has 118 valence electrons. The molecule has 2 heterocycles. The van der Waals surface area contributed by atoms with Gasteiger partial charge in [-0.1, -0.05) is 20.3 Å². The van der Waals surface area contributed by atoms with Crippen molar-refractivity contribution in [2.75, 3.05) is 37.6 Å². The van der Waals surface area contributed by atoms with Crippen LogP contribution < -0.4 is 4.90 Å². The first-order chi connectivity index (χ1) is 10.1. The van der Waals surface area contributed by atoms with Crippen LogP contribution in [-0.2, 0) is 0 Å². The summed E-state index contributed by atoms with van der Waals surface area (Å²) in [6, 6.07) is 0. The van der Waals surface area contributed by atoms with Gasteiger partial charge in [-0.15, -0.1) is 11.3 Å². The van der Waals surface area contributed by atoms with Crippen LogP contribution in [0.1, 0.15) is 33.1 Å². The van der Waals surface area contributed by atoms with Gasteiger partial charge < -0.3 is 10.0 Å². The van der Waals surface area contributed by atoms with Gasteiger partial charge in [0, 0.05) is 44.3 Å². The molecule has 1 aliphatic carbocycles. The lowest BCUT2D eigenvalue weighted by atomic mass is 9.69. The quantitative estimate of drug-likeness (QED) is 0.931. The Bertz CT molecular complexity index is 440. The smallest absolute Gasteiger partial charge is 0.185 e. The number of aliphatic hydroxyl groups is 1. The highest BCUT2D eigenvalue weighted by Crippen LogP contribution is 2.39. The van der Waals surface area contributed by atoms with Crippen molar-refractivity contribution in [1.29, 1.82) is 0 Å². The first kappa shape index (κ1) is 15.3. The maximum atomic E-state index is 10.6. The molecule has 1 saturated heterocycles. The summed E-state index contributed by atoms with van der Waals surface area (Å²) in [6.07, 6.45) is 5.32. The van der Waals surface area contributed by atoms with Gasteiger partial charge in [0.2, 0.25) is 0 Å². The standard InChI is InChI=1S/C16H27N3OS/c1-16(2)5-3-4-13(14(16)20)12-18-7-9-19(10-8-18)15-17-6-11-21-15/h6,11,13-14,20H,3-5,7-10,12H2,1-2H3. The molecule has 1 saturated carbocycles. The molecule has 0 bridgehead atoms. The lowest BCUT2D eigenvalue weighted by Gasteiger charge is -2.44. The minimum atomic E-state index is -0.150. The second-order valence-corrected chi connectivity index (χ2v) is 8.06. The van der Waals surface area contributed by atoms with Gasteiger partial charge in [-0.05, 0) is 24.2 Å². The minimum absolute atomic E-state index is 0.0889. The van der Waals surface area contributed by atoms with Crippen molar-refractivity contribution in [2.45, 2.75) is 39.2 Å². The van der Waals surface area contributed by atoms with Gasteiger partial charge >= 0.3 is 0 Å². The van der Waals surface area contributed by atoms with Crippen LogP contribution in [0.2, 0.25) is 0 Å². The number of nitrogens with zero attached hydrogens (tertiary/aromatic N) is 3. The van der Waals surface area contributed by atoms with E-state index in [-0.39, 0.29) is 11.5 Å². The molecular formula is C16H27N3OS. The van der Waals surface area contributed by atoms with Gasteiger partial charge in [0.1, 0.15) is 0 Å². The SMILES string of the molecule is CC1(C)CCCC(CN2CCN(c3nccs3)CC2)C1O. The molecule has 2 unspecified atom stereocenters. The third kappa shape index (κ3) is 3.41. The predicted molar refractivity (Wildman–Crippen MR) is 87.9 cm³/mol. The molecule has 2 fully saturated rings. The molecule has 1 N–H and O–H groups in total. The largest absolute Gasteiger partial charge is 0.392 e. The number of rotatable bonds is 3. The number of thiazole rings is 1. The lowest BCUT2D eigenvalue weighted by molar-refractivity contribution is -0.0433. The average molecular weight is 309 g/mol. The molecule has 3 rings (SSSR count). The van der Waals surface area contributed by atoms with E-state index >= 15 is 0 Å². The Morgan fingerprint density at radius 3 is 2.76 bits per heavy atom. The summed E-state index contributed by atoms with van der Waals surface area (Å²) in [6.45, 7) is 9.76. The maximum absolute atomic E-state index is 10.6. The maximum Gasteiger partial charge on any atom is 0.185 e. The second-order valence-electron chi connectivity index (χ2n) is 7.19. The number of hydrogen-bond donors (Lipinski definition) is 1. The van der Waals surface area contributed by atoms with Crippen LogP contribution in [0.4, 0.5) is 5.13 Å². The van der Waals surface area contributed by atoms with Crippen molar-refractivity contribution in [2.24, 2.45) is 11.3 Å². The van der Waals surface area contributed by atoms with Gasteiger partial charge in [-0.25, -0.2) is 4.98 Å². The fourth-order valence-corrected chi connectivity index (χ4v) is 4.48. The fourth-order valence-electron chi connectivity index (χ4n) is 3.78. The number of aromatic nitrogens is 1. The Morgan fingerprint density at radius 1 is 1.33 bits per heavy atom. The van der Waals surface area contributed by atoms with Crippen LogP contribution in [0, 0.1) is 11.3 Å². The van der Waals surface area contributed by atoms with Crippen molar-refractivity contribution >= 4 is 16.5 Å². The monoisotopic (exact) mass is 309 g/mol. The van der Waals surface area contributed by atoms with E-state index in [9.17, 15) is 5.11 Å². The number of hydrogen-bond acceptors (Lipinski definition) is 5. The highest BCUT2D eigenvalue weighted by molar-refractivity contribution is 7.13. The third-order valence-electron chi connectivity index (χ3n) is 5.20.